The summed E-state index contributed by atoms with van der Waals surface area (Å²) in [5.41, 5.74) is 0. The number of amides is 2. The van der Waals surface area contributed by atoms with Crippen molar-refractivity contribution in [3.05, 3.63) is 0 Å². The number of rotatable bonds is 1. The highest BCUT2D eigenvalue weighted by Gasteiger charge is 2.38. The maximum absolute atomic E-state index is 12.5. The fraction of sp³-hybridized carbons (Fsp3) is 0.846. The summed E-state index contributed by atoms with van der Waals surface area (Å²) < 4.78 is 0. The predicted molar refractivity (Wildman–Crippen MR) is 71.0 cm³/mol. The molecule has 108 valence electrons. The molecule has 6 nitrogen and oxygen atoms in total. The third-order valence-electron chi connectivity index (χ3n) is 4.41. The number of likely N-dealkylation sites (tertiary alicyclic amines) is 1. The average Bonchev–Trinajstić information content (AvgIpc) is 2.83. The molecule has 6 heteroatoms. The molecule has 2 rings (SSSR count). The Morgan fingerprint density at radius 3 is 2.26 bits per heavy atom. The molecule has 19 heavy (non-hydrogen) atoms. The van der Waals surface area contributed by atoms with Gasteiger partial charge in [-0.2, -0.15) is 0 Å². The molecule has 0 radical (unpaired) electrons. The highest BCUT2D eigenvalue weighted by Crippen LogP contribution is 2.22. The van der Waals surface area contributed by atoms with E-state index in [0.29, 0.717) is 38.1 Å². The Kier molecular flexibility index (Phi) is 3.99. The minimum atomic E-state index is -0.888. The van der Waals surface area contributed by atoms with Crippen molar-refractivity contribution in [1.82, 2.24) is 14.7 Å². The molecule has 0 saturated carbocycles. The molecule has 2 amide bonds. The summed E-state index contributed by atoms with van der Waals surface area (Å²) in [6.45, 7) is 6.08. The SMILES string of the molecule is CC1CN(C(=O)N2CCC[C@@H]2C(=O)O)CC(C)N1C. The summed E-state index contributed by atoms with van der Waals surface area (Å²) in [5.74, 6) is -0.888. The molecular formula is C13H23N3O3. The van der Waals surface area contributed by atoms with E-state index < -0.39 is 12.0 Å². The van der Waals surface area contributed by atoms with Gasteiger partial charge in [0.15, 0.2) is 0 Å². The third-order valence-corrected chi connectivity index (χ3v) is 4.41. The van der Waals surface area contributed by atoms with Crippen LogP contribution >= 0.6 is 0 Å². The first kappa shape index (κ1) is 14.1. The van der Waals surface area contributed by atoms with Crippen LogP contribution in [0.5, 0.6) is 0 Å². The second-order valence-electron chi connectivity index (χ2n) is 5.74. The molecule has 2 saturated heterocycles. The fourth-order valence-electron chi connectivity index (χ4n) is 2.99. The molecule has 0 bridgehead atoms. The molecule has 0 spiro atoms. The zero-order valence-corrected chi connectivity index (χ0v) is 11.9. The number of carbonyl (C=O) groups excluding carboxylic acids is 1. The van der Waals surface area contributed by atoms with Crippen molar-refractivity contribution < 1.29 is 14.7 Å². The smallest absolute Gasteiger partial charge is 0.326 e. The molecule has 2 aliphatic heterocycles. The maximum Gasteiger partial charge on any atom is 0.326 e. The van der Waals surface area contributed by atoms with Crippen molar-refractivity contribution in [2.45, 2.75) is 44.8 Å². The molecule has 2 fully saturated rings. The number of aliphatic carboxylic acids is 1. The zero-order chi connectivity index (χ0) is 14.2. The van der Waals surface area contributed by atoms with Crippen molar-refractivity contribution in [3.63, 3.8) is 0 Å². The first-order chi connectivity index (χ1) is 8.91. The highest BCUT2D eigenvalue weighted by atomic mass is 16.4. The summed E-state index contributed by atoms with van der Waals surface area (Å²) in [6, 6.07) is -0.147. The van der Waals surface area contributed by atoms with Crippen LogP contribution in [-0.2, 0) is 4.79 Å². The van der Waals surface area contributed by atoms with Gasteiger partial charge in [0.05, 0.1) is 0 Å². The third kappa shape index (κ3) is 2.68. The van der Waals surface area contributed by atoms with E-state index >= 15 is 0 Å². The summed E-state index contributed by atoms with van der Waals surface area (Å²) in [4.78, 5) is 29.2. The van der Waals surface area contributed by atoms with Gasteiger partial charge in [-0.05, 0) is 33.7 Å². The van der Waals surface area contributed by atoms with Crippen LogP contribution in [0.3, 0.4) is 0 Å². The molecule has 0 aromatic carbocycles. The Labute approximate surface area is 114 Å². The summed E-state index contributed by atoms with van der Waals surface area (Å²) >= 11 is 0. The normalized spacial score (nSPS) is 32.7. The molecular weight excluding hydrogens is 246 g/mol. The van der Waals surface area contributed by atoms with Crippen molar-refractivity contribution in [3.8, 4) is 0 Å². The Morgan fingerprint density at radius 1 is 1.16 bits per heavy atom. The second kappa shape index (κ2) is 5.36. The number of carboxylic acids is 1. The van der Waals surface area contributed by atoms with Crippen LogP contribution in [0, 0.1) is 0 Å². The minimum Gasteiger partial charge on any atom is -0.480 e. The number of carbonyl (C=O) groups is 2. The number of likely N-dealkylation sites (N-methyl/N-ethyl adjacent to an activating group) is 1. The molecule has 0 aromatic heterocycles. The number of hydrogen-bond acceptors (Lipinski definition) is 3. The number of hydrogen-bond donors (Lipinski definition) is 1. The topological polar surface area (TPSA) is 64.1 Å². The molecule has 0 aromatic rings. The molecule has 3 atom stereocenters. The number of urea groups is 1. The highest BCUT2D eigenvalue weighted by molar-refractivity contribution is 5.83. The van der Waals surface area contributed by atoms with Crippen LogP contribution in [-0.4, -0.2) is 76.6 Å². The van der Waals surface area contributed by atoms with E-state index in [4.69, 9.17) is 5.11 Å². The fourth-order valence-corrected chi connectivity index (χ4v) is 2.99. The lowest BCUT2D eigenvalue weighted by molar-refractivity contribution is -0.141. The molecule has 2 unspecified atom stereocenters. The Bertz CT molecular complexity index is 362. The summed E-state index contributed by atoms with van der Waals surface area (Å²) in [5, 5.41) is 9.16. The van der Waals surface area contributed by atoms with E-state index in [1.54, 1.807) is 4.90 Å². The van der Waals surface area contributed by atoms with Crippen LogP contribution in [0.4, 0.5) is 4.79 Å². The van der Waals surface area contributed by atoms with Crippen molar-refractivity contribution in [1.29, 1.82) is 0 Å². The molecule has 0 aliphatic carbocycles. The van der Waals surface area contributed by atoms with Gasteiger partial charge in [0, 0.05) is 31.7 Å². The van der Waals surface area contributed by atoms with Gasteiger partial charge in [-0.15, -0.1) is 0 Å². The quantitative estimate of drug-likeness (QED) is 0.760. The van der Waals surface area contributed by atoms with Crippen LogP contribution in [0.25, 0.3) is 0 Å². The Morgan fingerprint density at radius 2 is 1.74 bits per heavy atom. The lowest BCUT2D eigenvalue weighted by Gasteiger charge is -2.43. The van der Waals surface area contributed by atoms with Crippen LogP contribution in [0.15, 0.2) is 0 Å². The lowest BCUT2D eigenvalue weighted by Crippen LogP contribution is -2.59. The van der Waals surface area contributed by atoms with Gasteiger partial charge < -0.3 is 14.9 Å². The van der Waals surface area contributed by atoms with Crippen molar-refractivity contribution in [2.24, 2.45) is 0 Å². The number of carboxylic acid groups (broad SMARTS) is 1. The number of nitrogens with zero attached hydrogens (tertiary/aromatic N) is 3. The Balaban J connectivity index is 2.05. The summed E-state index contributed by atoms with van der Waals surface area (Å²) in [6.07, 6.45) is 1.35. The van der Waals surface area contributed by atoms with Gasteiger partial charge in [-0.25, -0.2) is 9.59 Å². The van der Waals surface area contributed by atoms with Crippen LogP contribution in [0.2, 0.25) is 0 Å². The van der Waals surface area contributed by atoms with Crippen molar-refractivity contribution >= 4 is 12.0 Å². The predicted octanol–water partition coefficient (Wildman–Crippen LogP) is 0.680. The van der Waals surface area contributed by atoms with E-state index in [9.17, 15) is 9.59 Å². The monoisotopic (exact) mass is 269 g/mol. The number of piperazine rings is 1. The van der Waals surface area contributed by atoms with E-state index in [2.05, 4.69) is 25.8 Å². The van der Waals surface area contributed by atoms with E-state index in [1.165, 1.54) is 4.90 Å². The summed E-state index contributed by atoms with van der Waals surface area (Å²) in [7, 11) is 2.06. The first-order valence-corrected chi connectivity index (χ1v) is 6.92. The van der Waals surface area contributed by atoms with Gasteiger partial charge in [0.25, 0.3) is 0 Å². The maximum atomic E-state index is 12.5. The van der Waals surface area contributed by atoms with Crippen LogP contribution < -0.4 is 0 Å². The minimum absolute atomic E-state index is 0.114. The van der Waals surface area contributed by atoms with Crippen LogP contribution in [0.1, 0.15) is 26.7 Å². The van der Waals surface area contributed by atoms with Crippen molar-refractivity contribution in [2.75, 3.05) is 26.7 Å². The van der Waals surface area contributed by atoms with Gasteiger partial charge in [-0.1, -0.05) is 0 Å². The lowest BCUT2D eigenvalue weighted by atomic mass is 10.1. The van der Waals surface area contributed by atoms with Gasteiger partial charge in [0.1, 0.15) is 6.04 Å². The molecule has 2 aliphatic rings. The molecule has 2 heterocycles. The largest absolute Gasteiger partial charge is 0.480 e. The first-order valence-electron chi connectivity index (χ1n) is 6.92. The molecule has 1 N–H and O–H groups in total. The van der Waals surface area contributed by atoms with E-state index in [0.717, 1.165) is 6.42 Å². The van der Waals surface area contributed by atoms with Gasteiger partial charge >= 0.3 is 12.0 Å². The van der Waals surface area contributed by atoms with E-state index in [-0.39, 0.29) is 6.03 Å². The standard InChI is InChI=1S/C13H23N3O3/c1-9-7-15(8-10(2)14(9)3)13(19)16-6-4-5-11(16)12(17)18/h9-11H,4-8H2,1-3H3,(H,17,18)/t9?,10?,11-/m1/s1. The zero-order valence-electron chi connectivity index (χ0n) is 11.9. The van der Waals surface area contributed by atoms with Gasteiger partial charge in [0.2, 0.25) is 0 Å². The average molecular weight is 269 g/mol. The van der Waals surface area contributed by atoms with Gasteiger partial charge in [-0.3, -0.25) is 4.90 Å². The second-order valence-corrected chi connectivity index (χ2v) is 5.74. The van der Waals surface area contributed by atoms with E-state index in [1.807, 2.05) is 0 Å². The Hall–Kier alpha value is -1.30.